The van der Waals surface area contributed by atoms with Gasteiger partial charge in [-0.1, -0.05) is 24.3 Å². The Morgan fingerprint density at radius 2 is 1.00 bits per heavy atom. The molecule has 100 valence electrons. The van der Waals surface area contributed by atoms with E-state index in [0.717, 1.165) is 22.6 Å². The van der Waals surface area contributed by atoms with Crippen molar-refractivity contribution >= 4 is 0 Å². The van der Waals surface area contributed by atoms with E-state index in [0.29, 0.717) is 12.8 Å². The van der Waals surface area contributed by atoms with Crippen molar-refractivity contribution in [3.05, 3.63) is 59.7 Å². The van der Waals surface area contributed by atoms with Gasteiger partial charge in [-0.3, -0.25) is 0 Å². The Morgan fingerprint density at radius 3 is 1.32 bits per heavy atom. The lowest BCUT2D eigenvalue weighted by atomic mass is 10.1. The van der Waals surface area contributed by atoms with Crippen molar-refractivity contribution in [3.8, 4) is 11.5 Å². The van der Waals surface area contributed by atoms with Crippen LogP contribution in [0, 0.1) is 0 Å². The molecule has 2 aromatic rings. The highest BCUT2D eigenvalue weighted by Gasteiger charge is 1.99. The molecule has 0 saturated heterocycles. The van der Waals surface area contributed by atoms with Crippen molar-refractivity contribution in [3.63, 3.8) is 0 Å². The van der Waals surface area contributed by atoms with Gasteiger partial charge in [-0.25, -0.2) is 0 Å². The minimum absolute atomic E-state index is 0.159. The van der Waals surface area contributed by atoms with E-state index in [1.165, 1.54) is 0 Å². The molecule has 2 rings (SSSR count). The van der Waals surface area contributed by atoms with Crippen molar-refractivity contribution in [2.24, 2.45) is 0 Å². The smallest absolute Gasteiger partial charge is 0.127 e. The van der Waals surface area contributed by atoms with E-state index in [4.69, 9.17) is 14.9 Å². The molecule has 0 unspecified atom stereocenters. The van der Waals surface area contributed by atoms with Crippen LogP contribution in [-0.2, 0) is 12.8 Å². The molecule has 0 radical (unpaired) electrons. The molecule has 3 heteroatoms. The second kappa shape index (κ2) is 6.92. The molecule has 0 spiro atoms. The summed E-state index contributed by atoms with van der Waals surface area (Å²) < 4.78 is 5.72. The third-order valence-corrected chi connectivity index (χ3v) is 2.88. The molecule has 0 fully saturated rings. The van der Waals surface area contributed by atoms with Gasteiger partial charge in [-0.15, -0.1) is 0 Å². The topological polar surface area (TPSA) is 49.7 Å². The molecule has 0 aliphatic heterocycles. The molecule has 0 saturated carbocycles. The summed E-state index contributed by atoms with van der Waals surface area (Å²) in [6.45, 7) is 0.318. The largest absolute Gasteiger partial charge is 0.457 e. The molecule has 19 heavy (non-hydrogen) atoms. The van der Waals surface area contributed by atoms with Crippen LogP contribution in [0.4, 0.5) is 0 Å². The van der Waals surface area contributed by atoms with Gasteiger partial charge in [0, 0.05) is 13.2 Å². The summed E-state index contributed by atoms with van der Waals surface area (Å²) in [6.07, 6.45) is 1.33. The fourth-order valence-electron chi connectivity index (χ4n) is 1.84. The first-order valence-electron chi connectivity index (χ1n) is 6.39. The van der Waals surface area contributed by atoms with Crippen molar-refractivity contribution in [1.82, 2.24) is 0 Å². The summed E-state index contributed by atoms with van der Waals surface area (Å²) in [5.74, 6) is 1.55. The van der Waals surface area contributed by atoms with E-state index in [9.17, 15) is 0 Å². The first kappa shape index (κ1) is 13.6. The Bertz CT molecular complexity index is 441. The third kappa shape index (κ3) is 4.09. The minimum Gasteiger partial charge on any atom is -0.457 e. The number of aliphatic hydroxyl groups is 2. The fourth-order valence-corrected chi connectivity index (χ4v) is 1.84. The predicted molar refractivity (Wildman–Crippen MR) is 74.5 cm³/mol. The zero-order chi connectivity index (χ0) is 13.5. The molecular formula is C16H18O3. The quantitative estimate of drug-likeness (QED) is 0.837. The Kier molecular flexibility index (Phi) is 4.95. The van der Waals surface area contributed by atoms with Gasteiger partial charge in [0.15, 0.2) is 0 Å². The average Bonchev–Trinajstić information content (AvgIpc) is 2.44. The molecule has 2 N–H and O–H groups in total. The molecule has 3 nitrogen and oxygen atoms in total. The van der Waals surface area contributed by atoms with Crippen LogP contribution in [0.5, 0.6) is 11.5 Å². The van der Waals surface area contributed by atoms with Crippen molar-refractivity contribution < 1.29 is 14.9 Å². The average molecular weight is 258 g/mol. The van der Waals surface area contributed by atoms with Gasteiger partial charge in [-0.2, -0.15) is 0 Å². The van der Waals surface area contributed by atoms with Crippen LogP contribution in [0.1, 0.15) is 11.1 Å². The van der Waals surface area contributed by atoms with E-state index < -0.39 is 0 Å². The molecule has 0 aliphatic rings. The molecule has 0 aromatic heterocycles. The Hall–Kier alpha value is -1.84. The van der Waals surface area contributed by atoms with Crippen LogP contribution in [0.25, 0.3) is 0 Å². The highest BCUT2D eigenvalue weighted by molar-refractivity contribution is 5.34. The Morgan fingerprint density at radius 1 is 0.632 bits per heavy atom. The summed E-state index contributed by atoms with van der Waals surface area (Å²) in [5.41, 5.74) is 2.18. The van der Waals surface area contributed by atoms with Crippen LogP contribution in [0.15, 0.2) is 48.5 Å². The normalized spacial score (nSPS) is 10.4. The second-order valence-electron chi connectivity index (χ2n) is 4.34. The first-order chi connectivity index (χ1) is 9.31. The second-order valence-corrected chi connectivity index (χ2v) is 4.34. The molecule has 0 heterocycles. The number of rotatable bonds is 6. The SMILES string of the molecule is OCCc1ccc(Oc2ccc(CCO)cc2)cc1. The highest BCUT2D eigenvalue weighted by atomic mass is 16.5. The lowest BCUT2D eigenvalue weighted by Gasteiger charge is -2.07. The lowest BCUT2D eigenvalue weighted by molar-refractivity contribution is 0.299. The maximum absolute atomic E-state index is 8.84. The lowest BCUT2D eigenvalue weighted by Crippen LogP contribution is -1.92. The van der Waals surface area contributed by atoms with Gasteiger partial charge in [0.1, 0.15) is 11.5 Å². The van der Waals surface area contributed by atoms with Gasteiger partial charge in [0.2, 0.25) is 0 Å². The fraction of sp³-hybridized carbons (Fsp3) is 0.250. The van der Waals surface area contributed by atoms with Crippen LogP contribution in [0.3, 0.4) is 0 Å². The van der Waals surface area contributed by atoms with Crippen LogP contribution in [-0.4, -0.2) is 23.4 Å². The number of hydrogen-bond acceptors (Lipinski definition) is 3. The monoisotopic (exact) mass is 258 g/mol. The summed E-state index contributed by atoms with van der Waals surface area (Å²) in [7, 11) is 0. The zero-order valence-electron chi connectivity index (χ0n) is 10.7. The number of ether oxygens (including phenoxy) is 1. The maximum atomic E-state index is 8.84. The van der Waals surface area contributed by atoms with Crippen LogP contribution < -0.4 is 4.74 Å². The molecule has 2 aromatic carbocycles. The number of aliphatic hydroxyl groups excluding tert-OH is 2. The van der Waals surface area contributed by atoms with Crippen LogP contribution in [0.2, 0.25) is 0 Å². The third-order valence-electron chi connectivity index (χ3n) is 2.88. The van der Waals surface area contributed by atoms with Gasteiger partial charge >= 0.3 is 0 Å². The zero-order valence-corrected chi connectivity index (χ0v) is 10.7. The van der Waals surface area contributed by atoms with Crippen molar-refractivity contribution in [2.75, 3.05) is 13.2 Å². The summed E-state index contributed by atoms with van der Waals surface area (Å²) in [5, 5.41) is 17.7. The molecule has 0 atom stereocenters. The van der Waals surface area contributed by atoms with E-state index in [1.807, 2.05) is 48.5 Å². The Labute approximate surface area is 113 Å². The molecule has 0 bridgehead atoms. The van der Waals surface area contributed by atoms with Gasteiger partial charge in [0.25, 0.3) is 0 Å². The highest BCUT2D eigenvalue weighted by Crippen LogP contribution is 2.22. The number of benzene rings is 2. The first-order valence-corrected chi connectivity index (χ1v) is 6.39. The summed E-state index contributed by atoms with van der Waals surface area (Å²) in [4.78, 5) is 0. The molecule has 0 amide bonds. The Balaban J connectivity index is 1.99. The van der Waals surface area contributed by atoms with Crippen molar-refractivity contribution in [1.29, 1.82) is 0 Å². The predicted octanol–water partition coefficient (Wildman–Crippen LogP) is 2.55. The maximum Gasteiger partial charge on any atom is 0.127 e. The molecule has 0 aliphatic carbocycles. The van der Waals surface area contributed by atoms with E-state index >= 15 is 0 Å². The van der Waals surface area contributed by atoms with E-state index in [-0.39, 0.29) is 13.2 Å². The minimum atomic E-state index is 0.159. The van der Waals surface area contributed by atoms with E-state index in [1.54, 1.807) is 0 Å². The van der Waals surface area contributed by atoms with E-state index in [2.05, 4.69) is 0 Å². The van der Waals surface area contributed by atoms with Gasteiger partial charge in [0.05, 0.1) is 0 Å². The molecular weight excluding hydrogens is 240 g/mol. The van der Waals surface area contributed by atoms with Crippen molar-refractivity contribution in [2.45, 2.75) is 12.8 Å². The summed E-state index contributed by atoms with van der Waals surface area (Å²) >= 11 is 0. The van der Waals surface area contributed by atoms with Crippen LogP contribution >= 0.6 is 0 Å². The van der Waals surface area contributed by atoms with Gasteiger partial charge in [-0.05, 0) is 48.2 Å². The summed E-state index contributed by atoms with van der Waals surface area (Å²) in [6, 6.07) is 15.4. The standard InChI is InChI=1S/C16H18O3/c17-11-9-13-1-5-15(6-2-13)19-16-7-3-14(4-8-16)10-12-18/h1-8,17-18H,9-12H2. The van der Waals surface area contributed by atoms with Gasteiger partial charge < -0.3 is 14.9 Å². The number of hydrogen-bond donors (Lipinski definition) is 2.